The van der Waals surface area contributed by atoms with Crippen molar-refractivity contribution in [3.05, 3.63) is 63.5 Å². The number of halogens is 5. The SMILES string of the molecule is C[C@H]1Nc2ncnc3c2cc(C2CCS(=O)(=O)CC2)c(=O)n3CCCCCC(F)(F)CN2CCC(CC2)C(F)(F)c2cccc1c2F. The molecule has 1 atom stereocenters. The zero-order chi connectivity index (χ0) is 33.6. The molecule has 1 N–H and O–H groups in total. The minimum Gasteiger partial charge on any atom is -0.363 e. The van der Waals surface area contributed by atoms with E-state index < -0.39 is 51.6 Å². The number of piperidine rings is 1. The minimum absolute atomic E-state index is 0.00272. The summed E-state index contributed by atoms with van der Waals surface area (Å²) >= 11 is 0. The molecular weight excluding hydrogens is 641 g/mol. The van der Waals surface area contributed by atoms with Crippen molar-refractivity contribution in [3.63, 3.8) is 0 Å². The molecule has 2 aromatic heterocycles. The molecule has 0 aliphatic carbocycles. The Morgan fingerprint density at radius 1 is 0.936 bits per heavy atom. The Kier molecular flexibility index (Phi) is 9.38. The van der Waals surface area contributed by atoms with Gasteiger partial charge in [0.15, 0.2) is 0 Å². The average Bonchev–Trinajstić information content (AvgIpc) is 3.01. The molecule has 6 heterocycles. The molecule has 4 aliphatic rings. The third-order valence-electron chi connectivity index (χ3n) is 10.1. The smallest absolute Gasteiger partial charge is 0.278 e. The van der Waals surface area contributed by atoms with Crippen LogP contribution in [0.3, 0.4) is 0 Å². The number of rotatable bonds is 1. The highest BCUT2D eigenvalue weighted by molar-refractivity contribution is 7.91. The molecule has 47 heavy (non-hydrogen) atoms. The van der Waals surface area contributed by atoms with E-state index >= 15 is 13.2 Å². The summed E-state index contributed by atoms with van der Waals surface area (Å²) in [7, 11) is -3.20. The Hall–Kier alpha value is -3.13. The number of hydrogen-bond donors (Lipinski definition) is 1. The highest BCUT2D eigenvalue weighted by atomic mass is 32.2. The molecular formula is C33H40F5N5O3S. The number of fused-ring (bicyclic) bond motifs is 9. The second kappa shape index (κ2) is 13.1. The molecule has 0 saturated carbocycles. The summed E-state index contributed by atoms with van der Waals surface area (Å²) < 4.78 is 103. The Labute approximate surface area is 270 Å². The highest BCUT2D eigenvalue weighted by Gasteiger charge is 2.46. The Bertz CT molecular complexity index is 1780. The fourth-order valence-electron chi connectivity index (χ4n) is 7.35. The first kappa shape index (κ1) is 33.8. The number of benzene rings is 1. The van der Waals surface area contributed by atoms with Crippen LogP contribution in [0.25, 0.3) is 11.0 Å². The van der Waals surface area contributed by atoms with Crippen LogP contribution in [0.15, 0.2) is 35.4 Å². The van der Waals surface area contributed by atoms with Gasteiger partial charge < -0.3 is 5.32 Å². The second-order valence-electron chi connectivity index (χ2n) is 13.4. The summed E-state index contributed by atoms with van der Waals surface area (Å²) in [5.74, 6) is -8.92. The molecule has 256 valence electrons. The van der Waals surface area contributed by atoms with Gasteiger partial charge in [-0.1, -0.05) is 24.6 Å². The van der Waals surface area contributed by atoms with Gasteiger partial charge in [-0.3, -0.25) is 14.3 Å². The summed E-state index contributed by atoms with van der Waals surface area (Å²) in [6.45, 7) is 1.45. The minimum atomic E-state index is -3.51. The Morgan fingerprint density at radius 2 is 1.66 bits per heavy atom. The normalized spacial score (nSPS) is 26.8. The number of aryl methyl sites for hydroxylation is 1. The average molecular weight is 682 g/mol. The van der Waals surface area contributed by atoms with Crippen LogP contribution < -0.4 is 10.9 Å². The van der Waals surface area contributed by atoms with Crippen LogP contribution in [0, 0.1) is 11.7 Å². The van der Waals surface area contributed by atoms with Gasteiger partial charge >= 0.3 is 0 Å². The first-order valence-corrected chi connectivity index (χ1v) is 18.2. The largest absolute Gasteiger partial charge is 0.363 e. The summed E-state index contributed by atoms with van der Waals surface area (Å²) in [6.07, 6.45) is 2.43. The number of aromatic nitrogens is 3. The summed E-state index contributed by atoms with van der Waals surface area (Å²) in [5.41, 5.74) is -0.363. The number of hydrogen-bond acceptors (Lipinski definition) is 7. The van der Waals surface area contributed by atoms with Gasteiger partial charge in [0, 0.05) is 30.0 Å². The maximum atomic E-state index is 16.0. The summed E-state index contributed by atoms with van der Waals surface area (Å²) in [6, 6.07) is 4.73. The third-order valence-corrected chi connectivity index (χ3v) is 11.8. The number of sulfone groups is 1. The van der Waals surface area contributed by atoms with E-state index in [0.29, 0.717) is 23.8 Å². The van der Waals surface area contributed by atoms with Crippen molar-refractivity contribution in [3.8, 4) is 0 Å². The van der Waals surface area contributed by atoms with E-state index in [2.05, 4.69) is 15.3 Å². The molecule has 2 saturated heterocycles. The van der Waals surface area contributed by atoms with Crippen molar-refractivity contribution >= 4 is 26.7 Å². The zero-order valence-corrected chi connectivity index (χ0v) is 27.1. The molecule has 2 fully saturated rings. The lowest BCUT2D eigenvalue weighted by molar-refractivity contribution is -0.0992. The van der Waals surface area contributed by atoms with Gasteiger partial charge in [0.1, 0.15) is 33.4 Å². The van der Waals surface area contributed by atoms with Gasteiger partial charge in [-0.15, -0.1) is 0 Å². The van der Waals surface area contributed by atoms with Gasteiger partial charge in [-0.25, -0.2) is 40.3 Å². The molecule has 8 nitrogen and oxygen atoms in total. The maximum Gasteiger partial charge on any atom is 0.278 e. The van der Waals surface area contributed by atoms with Gasteiger partial charge in [0.2, 0.25) is 0 Å². The fourth-order valence-corrected chi connectivity index (χ4v) is 8.85. The van der Waals surface area contributed by atoms with E-state index in [1.165, 1.54) is 27.9 Å². The van der Waals surface area contributed by atoms with Gasteiger partial charge in [0.05, 0.1) is 35.0 Å². The van der Waals surface area contributed by atoms with E-state index in [1.807, 2.05) is 0 Å². The van der Waals surface area contributed by atoms with Crippen molar-refractivity contribution in [1.82, 2.24) is 19.4 Å². The number of anilines is 1. The topological polar surface area (TPSA) is 97.2 Å². The molecule has 0 unspecified atom stereocenters. The molecule has 0 amide bonds. The Balaban J connectivity index is 1.42. The second-order valence-corrected chi connectivity index (χ2v) is 15.7. The van der Waals surface area contributed by atoms with Crippen molar-refractivity contribution in [2.75, 3.05) is 36.5 Å². The van der Waals surface area contributed by atoms with Crippen LogP contribution in [0.2, 0.25) is 0 Å². The standard InChI is InChI=1S/C33H40F5N5O3S/c1-21-24-6-5-7-27(28(24)34)33(37,38)23-8-14-42(15-9-23)19-32(35,36)12-3-2-4-13-43-30-26(29(41-21)39-20-40-30)18-25(31(43)44)22-10-16-47(45,46)17-11-22/h5-7,18,20-23H,2-4,8-17,19H2,1H3,(H,39,40,41)/t21-/m1/s1. The first-order valence-electron chi connectivity index (χ1n) is 16.4. The molecule has 14 heteroatoms. The zero-order valence-electron chi connectivity index (χ0n) is 26.3. The van der Waals surface area contributed by atoms with E-state index in [0.717, 1.165) is 6.07 Å². The number of nitrogens with zero attached hydrogens (tertiary/aromatic N) is 4. The fraction of sp³-hybridized carbons (Fsp3) is 0.606. The summed E-state index contributed by atoms with van der Waals surface area (Å²) in [4.78, 5) is 24.1. The van der Waals surface area contributed by atoms with Crippen LogP contribution >= 0.6 is 0 Å². The van der Waals surface area contributed by atoms with Crippen molar-refractivity contribution in [2.45, 2.75) is 88.6 Å². The maximum absolute atomic E-state index is 16.0. The first-order chi connectivity index (χ1) is 22.3. The van der Waals surface area contributed by atoms with Crippen molar-refractivity contribution < 1.29 is 30.4 Å². The molecule has 0 radical (unpaired) electrons. The van der Waals surface area contributed by atoms with E-state index in [9.17, 15) is 22.0 Å². The highest BCUT2D eigenvalue weighted by Crippen LogP contribution is 2.44. The number of pyridine rings is 1. The lowest BCUT2D eigenvalue weighted by Gasteiger charge is -2.37. The lowest BCUT2D eigenvalue weighted by atomic mass is 9.85. The van der Waals surface area contributed by atoms with Crippen LogP contribution in [0.1, 0.15) is 86.9 Å². The van der Waals surface area contributed by atoms with Crippen LogP contribution in [0.4, 0.5) is 27.8 Å². The predicted molar refractivity (Wildman–Crippen MR) is 169 cm³/mol. The van der Waals surface area contributed by atoms with Crippen LogP contribution in [-0.2, 0) is 22.3 Å². The van der Waals surface area contributed by atoms with Gasteiger partial charge in [-0.2, -0.15) is 0 Å². The van der Waals surface area contributed by atoms with Gasteiger partial charge in [-0.05, 0) is 70.5 Å². The number of alkyl halides is 4. The molecule has 3 aromatic rings. The third kappa shape index (κ3) is 7.04. The van der Waals surface area contributed by atoms with Crippen molar-refractivity contribution in [1.29, 1.82) is 0 Å². The van der Waals surface area contributed by atoms with Crippen LogP contribution in [-0.4, -0.2) is 64.9 Å². The molecule has 7 rings (SSSR count). The predicted octanol–water partition coefficient (Wildman–Crippen LogP) is 6.41. The quantitative estimate of drug-likeness (QED) is 0.297. The van der Waals surface area contributed by atoms with Gasteiger partial charge in [0.25, 0.3) is 17.4 Å². The summed E-state index contributed by atoms with van der Waals surface area (Å²) in [5, 5.41) is 3.59. The Morgan fingerprint density at radius 3 is 2.38 bits per heavy atom. The van der Waals surface area contributed by atoms with E-state index in [4.69, 9.17) is 0 Å². The number of nitrogens with one attached hydrogen (secondary N) is 1. The molecule has 0 spiro atoms. The van der Waals surface area contributed by atoms with Crippen molar-refractivity contribution in [2.24, 2.45) is 5.92 Å². The van der Waals surface area contributed by atoms with E-state index in [-0.39, 0.29) is 98.2 Å². The molecule has 4 aliphatic heterocycles. The molecule has 8 bridgehead atoms. The van der Waals surface area contributed by atoms with Crippen LogP contribution in [0.5, 0.6) is 0 Å². The molecule has 1 aromatic carbocycles. The monoisotopic (exact) mass is 681 g/mol. The lowest BCUT2D eigenvalue weighted by Crippen LogP contribution is -2.44. The van der Waals surface area contributed by atoms with E-state index in [1.54, 1.807) is 13.0 Å².